The molecular formula is C22H24BrN3O3. The minimum atomic E-state index is -0.572. The van der Waals surface area contributed by atoms with E-state index in [1.54, 1.807) is 10.8 Å². The summed E-state index contributed by atoms with van der Waals surface area (Å²) < 4.78 is 8.73. The maximum absolute atomic E-state index is 11.1. The molecule has 3 rings (SSSR count). The molecule has 0 bridgehead atoms. The van der Waals surface area contributed by atoms with Crippen LogP contribution in [0.15, 0.2) is 65.5 Å². The van der Waals surface area contributed by atoms with Gasteiger partial charge in [-0.3, -0.25) is 4.79 Å². The fraction of sp³-hybridized carbons (Fsp3) is 0.273. The van der Waals surface area contributed by atoms with Gasteiger partial charge in [0.15, 0.2) is 0 Å². The average Bonchev–Trinajstić information content (AvgIpc) is 3.16. The maximum atomic E-state index is 11.1. The lowest BCUT2D eigenvalue weighted by atomic mass is 10.0. The Bertz CT molecular complexity index is 958. The fourth-order valence-corrected chi connectivity index (χ4v) is 3.54. The van der Waals surface area contributed by atoms with Gasteiger partial charge in [0.1, 0.15) is 18.1 Å². The number of nitrogens with two attached hydrogens (primary N) is 1. The average molecular weight is 458 g/mol. The van der Waals surface area contributed by atoms with Gasteiger partial charge >= 0.3 is 0 Å². The van der Waals surface area contributed by atoms with Crippen molar-refractivity contribution in [1.29, 1.82) is 0 Å². The van der Waals surface area contributed by atoms with Crippen LogP contribution in [0.1, 0.15) is 34.5 Å². The molecular weight excluding hydrogens is 434 g/mol. The van der Waals surface area contributed by atoms with E-state index in [0.717, 1.165) is 34.2 Å². The summed E-state index contributed by atoms with van der Waals surface area (Å²) in [6, 6.07) is 16.0. The first-order chi connectivity index (χ1) is 14.0. The Balaban J connectivity index is 1.49. The molecule has 3 N–H and O–H groups in total. The lowest BCUT2D eigenvalue weighted by molar-refractivity contribution is 0.0995. The first-order valence-corrected chi connectivity index (χ1v) is 10.3. The predicted octanol–water partition coefficient (Wildman–Crippen LogP) is 3.71. The number of ether oxygens (including phenoxy) is 1. The highest BCUT2D eigenvalue weighted by molar-refractivity contribution is 9.10. The van der Waals surface area contributed by atoms with Crippen molar-refractivity contribution < 1.29 is 14.6 Å². The number of benzene rings is 2. The number of carbonyl (C=O) groups is 1. The summed E-state index contributed by atoms with van der Waals surface area (Å²) in [6.07, 6.45) is 4.78. The molecule has 7 heteroatoms. The first-order valence-electron chi connectivity index (χ1n) is 9.46. The van der Waals surface area contributed by atoms with E-state index < -0.39 is 12.0 Å². The third-order valence-corrected chi connectivity index (χ3v) is 5.04. The molecule has 29 heavy (non-hydrogen) atoms. The number of amides is 1. The monoisotopic (exact) mass is 457 g/mol. The molecule has 3 aromatic rings. The Kier molecular flexibility index (Phi) is 7.43. The second-order valence-electron chi connectivity index (χ2n) is 6.89. The van der Waals surface area contributed by atoms with E-state index >= 15 is 0 Å². The summed E-state index contributed by atoms with van der Waals surface area (Å²) in [5.74, 6) is 0.292. The van der Waals surface area contributed by atoms with Crippen molar-refractivity contribution in [2.75, 3.05) is 0 Å². The third kappa shape index (κ3) is 6.44. The molecule has 152 valence electrons. The van der Waals surface area contributed by atoms with Gasteiger partial charge < -0.3 is 20.1 Å². The molecule has 1 heterocycles. The van der Waals surface area contributed by atoms with Crippen LogP contribution in [0, 0.1) is 0 Å². The standard InChI is InChI=1S/C22H24BrN3O3/c23-18-8-3-5-16(11-18)14-29-21-10-2-1-6-17(21)7-4-9-19(27)12-26-13-20(22(24)28)25-15-26/h1-3,5-6,8,10-11,13,15,19,27H,4,7,9,12,14H2,(H2,24,28). The van der Waals surface area contributed by atoms with E-state index in [0.29, 0.717) is 19.6 Å². The van der Waals surface area contributed by atoms with Crippen LogP contribution in [0.3, 0.4) is 0 Å². The van der Waals surface area contributed by atoms with Crippen molar-refractivity contribution in [3.63, 3.8) is 0 Å². The van der Waals surface area contributed by atoms with Crippen LogP contribution in [0.25, 0.3) is 0 Å². The SMILES string of the molecule is NC(=O)c1cn(CC(O)CCCc2ccccc2OCc2cccc(Br)c2)cn1. The zero-order valence-electron chi connectivity index (χ0n) is 16.0. The van der Waals surface area contributed by atoms with Crippen LogP contribution in [0.5, 0.6) is 5.75 Å². The van der Waals surface area contributed by atoms with E-state index in [4.69, 9.17) is 10.5 Å². The van der Waals surface area contributed by atoms with E-state index in [1.807, 2.05) is 42.5 Å². The number of para-hydroxylation sites is 1. The van der Waals surface area contributed by atoms with Crippen molar-refractivity contribution in [2.45, 2.75) is 38.5 Å². The molecule has 0 saturated carbocycles. The fourth-order valence-electron chi connectivity index (χ4n) is 3.09. The number of nitrogens with zero attached hydrogens (tertiary/aromatic N) is 2. The second-order valence-corrected chi connectivity index (χ2v) is 7.81. The van der Waals surface area contributed by atoms with Crippen molar-refractivity contribution >= 4 is 21.8 Å². The molecule has 1 atom stereocenters. The number of aliphatic hydroxyl groups excluding tert-OH is 1. The largest absolute Gasteiger partial charge is 0.489 e. The van der Waals surface area contributed by atoms with Gasteiger partial charge in [-0.1, -0.05) is 46.3 Å². The topological polar surface area (TPSA) is 90.4 Å². The lowest BCUT2D eigenvalue weighted by Crippen LogP contribution is -2.15. The smallest absolute Gasteiger partial charge is 0.268 e. The van der Waals surface area contributed by atoms with Crippen LogP contribution < -0.4 is 10.5 Å². The number of carbonyl (C=O) groups excluding carboxylic acids is 1. The van der Waals surface area contributed by atoms with Crippen LogP contribution in [-0.2, 0) is 19.6 Å². The van der Waals surface area contributed by atoms with Gasteiger partial charge in [-0.25, -0.2) is 4.98 Å². The highest BCUT2D eigenvalue weighted by atomic mass is 79.9. The van der Waals surface area contributed by atoms with Crippen LogP contribution >= 0.6 is 15.9 Å². The van der Waals surface area contributed by atoms with Gasteiger partial charge in [-0.15, -0.1) is 0 Å². The number of aliphatic hydroxyl groups is 1. The molecule has 6 nitrogen and oxygen atoms in total. The maximum Gasteiger partial charge on any atom is 0.268 e. The van der Waals surface area contributed by atoms with Gasteiger partial charge in [0.2, 0.25) is 0 Å². The van der Waals surface area contributed by atoms with Crippen molar-refractivity contribution in [3.05, 3.63) is 82.3 Å². The lowest BCUT2D eigenvalue weighted by Gasteiger charge is -2.14. The van der Waals surface area contributed by atoms with Gasteiger partial charge in [0.05, 0.1) is 12.4 Å². The van der Waals surface area contributed by atoms with Crippen LogP contribution in [-0.4, -0.2) is 26.7 Å². The summed E-state index contributed by atoms with van der Waals surface area (Å²) in [5, 5.41) is 10.3. The second kappa shape index (κ2) is 10.2. The van der Waals surface area contributed by atoms with E-state index in [2.05, 4.69) is 27.0 Å². The number of imidazole rings is 1. The number of hydrogen-bond donors (Lipinski definition) is 2. The molecule has 0 aliphatic carbocycles. The van der Waals surface area contributed by atoms with Gasteiger partial charge in [0.25, 0.3) is 5.91 Å². The number of rotatable bonds is 10. The zero-order chi connectivity index (χ0) is 20.6. The molecule has 0 aliphatic rings. The Hall–Kier alpha value is -2.64. The Labute approximate surface area is 178 Å². The van der Waals surface area contributed by atoms with E-state index in [-0.39, 0.29) is 5.69 Å². The number of primary amides is 1. The Morgan fingerprint density at radius 3 is 2.83 bits per heavy atom. The third-order valence-electron chi connectivity index (χ3n) is 4.55. The van der Waals surface area contributed by atoms with Gasteiger partial charge in [-0.2, -0.15) is 0 Å². The minimum absolute atomic E-state index is 0.203. The summed E-state index contributed by atoms with van der Waals surface area (Å²) in [6.45, 7) is 0.878. The first kappa shape index (κ1) is 21.1. The molecule has 2 aromatic carbocycles. The number of aromatic nitrogens is 2. The Morgan fingerprint density at radius 2 is 2.07 bits per heavy atom. The zero-order valence-corrected chi connectivity index (χ0v) is 17.6. The van der Waals surface area contributed by atoms with Crippen molar-refractivity contribution in [2.24, 2.45) is 5.73 Å². The summed E-state index contributed by atoms with van der Waals surface area (Å²) in [4.78, 5) is 15.0. The van der Waals surface area contributed by atoms with Crippen LogP contribution in [0.4, 0.5) is 0 Å². The highest BCUT2D eigenvalue weighted by Gasteiger charge is 2.10. The van der Waals surface area contributed by atoms with Gasteiger partial charge in [0, 0.05) is 17.2 Å². The molecule has 0 aliphatic heterocycles. The van der Waals surface area contributed by atoms with E-state index in [9.17, 15) is 9.90 Å². The molecule has 1 amide bonds. The Morgan fingerprint density at radius 1 is 1.24 bits per heavy atom. The van der Waals surface area contributed by atoms with Crippen LogP contribution in [0.2, 0.25) is 0 Å². The summed E-state index contributed by atoms with van der Waals surface area (Å²) in [7, 11) is 0. The molecule has 0 saturated heterocycles. The predicted molar refractivity (Wildman–Crippen MR) is 115 cm³/mol. The molecule has 0 spiro atoms. The molecule has 1 aromatic heterocycles. The number of halogens is 1. The van der Waals surface area contributed by atoms with E-state index in [1.165, 1.54) is 6.33 Å². The summed E-state index contributed by atoms with van der Waals surface area (Å²) in [5.41, 5.74) is 7.61. The highest BCUT2D eigenvalue weighted by Crippen LogP contribution is 2.22. The number of hydrogen-bond acceptors (Lipinski definition) is 4. The molecule has 0 fully saturated rings. The minimum Gasteiger partial charge on any atom is -0.489 e. The normalized spacial score (nSPS) is 11.9. The molecule has 1 unspecified atom stereocenters. The van der Waals surface area contributed by atoms with Crippen molar-refractivity contribution in [1.82, 2.24) is 9.55 Å². The van der Waals surface area contributed by atoms with Gasteiger partial charge in [-0.05, 0) is 48.6 Å². The quantitative estimate of drug-likeness (QED) is 0.485. The number of aryl methyl sites for hydroxylation is 1. The molecule has 0 radical (unpaired) electrons. The summed E-state index contributed by atoms with van der Waals surface area (Å²) >= 11 is 3.47. The van der Waals surface area contributed by atoms with Crippen molar-refractivity contribution in [3.8, 4) is 5.75 Å².